The molecule has 1 amide bonds. The highest BCUT2D eigenvalue weighted by Gasteiger charge is 2.10. The van der Waals surface area contributed by atoms with E-state index < -0.39 is 5.91 Å². The molecule has 26 heavy (non-hydrogen) atoms. The molecule has 3 aromatic rings. The number of fused-ring (bicyclic) bond motifs is 1. The first-order valence-electron chi connectivity index (χ1n) is 7.81. The summed E-state index contributed by atoms with van der Waals surface area (Å²) in [4.78, 5) is 19.9. The molecule has 0 atom stereocenters. The van der Waals surface area contributed by atoms with Crippen molar-refractivity contribution in [2.75, 3.05) is 19.5 Å². The van der Waals surface area contributed by atoms with Crippen molar-refractivity contribution in [3.8, 4) is 11.6 Å². The predicted molar refractivity (Wildman–Crippen MR) is 96.0 cm³/mol. The zero-order valence-corrected chi connectivity index (χ0v) is 14.3. The van der Waals surface area contributed by atoms with Gasteiger partial charge in [0.1, 0.15) is 5.75 Å². The normalized spacial score (nSPS) is 10.4. The number of nitrogens with zero attached hydrogens (tertiary/aromatic N) is 2. The molecule has 8 nitrogen and oxygen atoms in total. The van der Waals surface area contributed by atoms with Crippen LogP contribution in [0.4, 0.5) is 11.4 Å². The number of anilines is 2. The molecular formula is C18H18N4O4. The summed E-state index contributed by atoms with van der Waals surface area (Å²) in [5, 5.41) is 12.8. The quantitative estimate of drug-likeness (QED) is 0.461. The van der Waals surface area contributed by atoms with Crippen LogP contribution in [-0.2, 0) is 11.2 Å². The molecule has 0 unspecified atom stereocenters. The van der Waals surface area contributed by atoms with Gasteiger partial charge in [-0.1, -0.05) is 6.07 Å². The van der Waals surface area contributed by atoms with Crippen molar-refractivity contribution in [2.45, 2.75) is 6.42 Å². The number of rotatable bonds is 6. The van der Waals surface area contributed by atoms with Gasteiger partial charge in [-0.05, 0) is 18.2 Å². The van der Waals surface area contributed by atoms with E-state index in [4.69, 9.17) is 14.7 Å². The average molecular weight is 354 g/mol. The average Bonchev–Trinajstić information content (AvgIpc) is 2.68. The smallest absolute Gasteiger partial charge is 0.247 e. The molecule has 0 fully saturated rings. The van der Waals surface area contributed by atoms with Crippen molar-refractivity contribution in [2.24, 2.45) is 0 Å². The van der Waals surface area contributed by atoms with E-state index in [1.54, 1.807) is 37.0 Å². The minimum Gasteiger partial charge on any atom is -0.496 e. The second-order valence-corrected chi connectivity index (χ2v) is 5.45. The van der Waals surface area contributed by atoms with Crippen LogP contribution in [0, 0.1) is 0 Å². The second-order valence-electron chi connectivity index (χ2n) is 5.45. The van der Waals surface area contributed by atoms with E-state index in [1.807, 2.05) is 18.2 Å². The fourth-order valence-electron chi connectivity index (χ4n) is 2.57. The number of carbonyl (C=O) groups is 1. The molecule has 0 saturated carbocycles. The first-order valence-corrected chi connectivity index (χ1v) is 7.81. The molecule has 2 aromatic heterocycles. The minimum absolute atomic E-state index is 0.0157. The third kappa shape index (κ3) is 3.65. The largest absolute Gasteiger partial charge is 0.496 e. The summed E-state index contributed by atoms with van der Waals surface area (Å²) in [6, 6.07) is 10.9. The molecule has 134 valence electrons. The highest BCUT2D eigenvalue weighted by molar-refractivity contribution is 5.91. The van der Waals surface area contributed by atoms with Crippen molar-refractivity contribution in [1.29, 1.82) is 0 Å². The summed E-state index contributed by atoms with van der Waals surface area (Å²) in [6.07, 6.45) is 1.68. The van der Waals surface area contributed by atoms with E-state index in [0.717, 1.165) is 16.8 Å². The Morgan fingerprint density at radius 2 is 2.00 bits per heavy atom. The summed E-state index contributed by atoms with van der Waals surface area (Å²) >= 11 is 0. The summed E-state index contributed by atoms with van der Waals surface area (Å²) in [7, 11) is 3.08. The molecule has 3 N–H and O–H groups in total. The lowest BCUT2D eigenvalue weighted by Gasteiger charge is -2.13. The van der Waals surface area contributed by atoms with Crippen molar-refractivity contribution in [1.82, 2.24) is 15.4 Å². The molecule has 3 rings (SSSR count). The summed E-state index contributed by atoms with van der Waals surface area (Å²) in [5.74, 6) is 0.524. The van der Waals surface area contributed by atoms with Gasteiger partial charge in [-0.3, -0.25) is 10.0 Å². The van der Waals surface area contributed by atoms with E-state index in [0.29, 0.717) is 22.8 Å². The maximum absolute atomic E-state index is 11.4. The number of ether oxygens (including phenoxy) is 2. The van der Waals surface area contributed by atoms with E-state index in [9.17, 15) is 4.79 Å². The van der Waals surface area contributed by atoms with Gasteiger partial charge in [-0.2, -0.15) is 4.98 Å². The van der Waals surface area contributed by atoms with E-state index in [2.05, 4.69) is 15.3 Å². The van der Waals surface area contributed by atoms with Gasteiger partial charge in [0, 0.05) is 35.0 Å². The number of hydrogen-bond donors (Lipinski definition) is 3. The summed E-state index contributed by atoms with van der Waals surface area (Å²) in [6.45, 7) is 0. The number of methoxy groups -OCH3 is 2. The number of hydroxylamine groups is 1. The molecule has 0 radical (unpaired) electrons. The number of hydrogen-bond acceptors (Lipinski definition) is 7. The van der Waals surface area contributed by atoms with Crippen molar-refractivity contribution in [3.05, 3.63) is 48.2 Å². The third-order valence-electron chi connectivity index (χ3n) is 3.83. The fraction of sp³-hybridized carbons (Fsp3) is 0.167. The van der Waals surface area contributed by atoms with Gasteiger partial charge in [-0.25, -0.2) is 10.5 Å². The van der Waals surface area contributed by atoms with E-state index >= 15 is 0 Å². The van der Waals surface area contributed by atoms with Gasteiger partial charge in [-0.15, -0.1) is 0 Å². The molecular weight excluding hydrogens is 336 g/mol. The van der Waals surface area contributed by atoms with E-state index in [-0.39, 0.29) is 6.42 Å². The Morgan fingerprint density at radius 3 is 2.73 bits per heavy atom. The molecule has 2 heterocycles. The summed E-state index contributed by atoms with van der Waals surface area (Å²) in [5.41, 5.74) is 4.45. The van der Waals surface area contributed by atoms with E-state index in [1.165, 1.54) is 7.11 Å². The highest BCUT2D eigenvalue weighted by atomic mass is 16.5. The highest BCUT2D eigenvalue weighted by Crippen LogP contribution is 2.29. The number of aromatic nitrogens is 2. The van der Waals surface area contributed by atoms with Crippen LogP contribution in [0.3, 0.4) is 0 Å². The molecule has 0 aliphatic carbocycles. The molecule has 0 aliphatic heterocycles. The van der Waals surface area contributed by atoms with Gasteiger partial charge in [0.2, 0.25) is 11.8 Å². The van der Waals surface area contributed by atoms with Crippen molar-refractivity contribution >= 4 is 28.3 Å². The lowest BCUT2D eigenvalue weighted by Crippen LogP contribution is -2.21. The molecule has 8 heteroatoms. The molecule has 1 aromatic carbocycles. The van der Waals surface area contributed by atoms with Gasteiger partial charge in [0.25, 0.3) is 0 Å². The van der Waals surface area contributed by atoms with Gasteiger partial charge < -0.3 is 14.8 Å². The predicted octanol–water partition coefficient (Wildman–Crippen LogP) is 2.44. The van der Waals surface area contributed by atoms with Crippen LogP contribution < -0.4 is 20.3 Å². The first kappa shape index (κ1) is 17.4. The van der Waals surface area contributed by atoms with Crippen LogP contribution in [-0.4, -0.2) is 35.3 Å². The Bertz CT molecular complexity index is 946. The molecule has 0 spiro atoms. The van der Waals surface area contributed by atoms with Gasteiger partial charge >= 0.3 is 0 Å². The zero-order chi connectivity index (χ0) is 18.5. The Hall–Kier alpha value is -3.39. The lowest BCUT2D eigenvalue weighted by atomic mass is 10.1. The molecule has 0 saturated heterocycles. The van der Waals surface area contributed by atoms with Crippen molar-refractivity contribution in [3.63, 3.8) is 0 Å². The van der Waals surface area contributed by atoms with Crippen molar-refractivity contribution < 1.29 is 19.5 Å². The number of amides is 1. The lowest BCUT2D eigenvalue weighted by molar-refractivity contribution is -0.128. The maximum atomic E-state index is 11.4. The Morgan fingerprint density at radius 1 is 1.15 bits per heavy atom. The Labute approximate surface area is 149 Å². The minimum atomic E-state index is -0.510. The molecule has 0 aliphatic rings. The first-order chi connectivity index (χ1) is 12.6. The van der Waals surface area contributed by atoms with Crippen LogP contribution in [0.25, 0.3) is 11.0 Å². The maximum Gasteiger partial charge on any atom is 0.247 e. The number of benzene rings is 1. The van der Waals surface area contributed by atoms with Crippen LogP contribution in [0.5, 0.6) is 11.6 Å². The SMILES string of the molecule is COc1ccc2c(Nc3ccc(CC(=O)NO)c(OC)c3)ccnc2n1. The molecule has 0 bridgehead atoms. The topological polar surface area (TPSA) is 106 Å². The second kappa shape index (κ2) is 7.66. The Balaban J connectivity index is 1.91. The Kier molecular flexibility index (Phi) is 5.14. The summed E-state index contributed by atoms with van der Waals surface area (Å²) < 4.78 is 10.5. The van der Waals surface area contributed by atoms with Crippen LogP contribution in [0.1, 0.15) is 5.56 Å². The number of pyridine rings is 2. The monoisotopic (exact) mass is 354 g/mol. The number of carbonyl (C=O) groups excluding carboxylic acids is 1. The van der Waals surface area contributed by atoms with Gasteiger partial charge in [0.15, 0.2) is 5.65 Å². The van der Waals surface area contributed by atoms with Crippen LogP contribution in [0.2, 0.25) is 0 Å². The zero-order valence-electron chi connectivity index (χ0n) is 14.3. The standard InChI is InChI=1S/C18H18N4O4/c1-25-15-10-12(4-3-11(15)9-16(23)22-24)20-14-7-8-19-18-13(14)5-6-17(21-18)26-2/h3-8,10,24H,9H2,1-2H3,(H,22,23)(H,19,20,21). The van der Waals surface area contributed by atoms with Gasteiger partial charge in [0.05, 0.1) is 26.3 Å². The number of nitrogens with one attached hydrogen (secondary N) is 2. The van der Waals surface area contributed by atoms with Crippen LogP contribution >= 0.6 is 0 Å². The fourth-order valence-corrected chi connectivity index (χ4v) is 2.57. The third-order valence-corrected chi connectivity index (χ3v) is 3.83. The van der Waals surface area contributed by atoms with Crippen LogP contribution in [0.15, 0.2) is 42.6 Å².